The van der Waals surface area contributed by atoms with Crippen LogP contribution in [0.4, 0.5) is 17.1 Å². The average Bonchev–Trinajstić information content (AvgIpc) is 2.42. The zero-order chi connectivity index (χ0) is 14.5. The van der Waals surface area contributed by atoms with Crippen LogP contribution in [-0.2, 0) is 9.53 Å². The first kappa shape index (κ1) is 14.1. The Bertz CT molecular complexity index is 532. The van der Waals surface area contributed by atoms with E-state index in [1.54, 1.807) is 7.11 Å². The number of fused-ring (bicyclic) bond motifs is 1. The minimum absolute atomic E-state index is 0.0858. The molecule has 0 radical (unpaired) electrons. The summed E-state index contributed by atoms with van der Waals surface area (Å²) in [7, 11) is 1.59. The lowest BCUT2D eigenvalue weighted by molar-refractivity contribution is -0.384. The number of carbonyl (C=O) groups excluding carboxylic acids is 1. The minimum atomic E-state index is -0.487. The number of nitro groups is 1. The molecule has 0 saturated heterocycles. The van der Waals surface area contributed by atoms with Gasteiger partial charge in [0.1, 0.15) is 5.69 Å². The Labute approximate surface area is 115 Å². The number of nitrogens with zero attached hydrogens (tertiary/aromatic N) is 1. The molecule has 108 valence electrons. The summed E-state index contributed by atoms with van der Waals surface area (Å²) in [6.45, 7) is 0.957. The lowest BCUT2D eigenvalue weighted by Gasteiger charge is -2.19. The lowest BCUT2D eigenvalue weighted by Crippen LogP contribution is -2.25. The van der Waals surface area contributed by atoms with E-state index in [0.717, 1.165) is 0 Å². The Balaban J connectivity index is 2.21. The summed E-state index contributed by atoms with van der Waals surface area (Å²) < 4.78 is 10.1. The van der Waals surface area contributed by atoms with Gasteiger partial charge in [-0.3, -0.25) is 14.9 Å². The maximum absolute atomic E-state index is 11.2. The van der Waals surface area contributed by atoms with Crippen LogP contribution in [0.15, 0.2) is 12.1 Å². The fourth-order valence-electron chi connectivity index (χ4n) is 1.85. The van der Waals surface area contributed by atoms with Gasteiger partial charge in [-0.2, -0.15) is 0 Å². The third-order valence-electron chi connectivity index (χ3n) is 2.77. The number of ether oxygens (including phenoxy) is 2. The van der Waals surface area contributed by atoms with Crippen LogP contribution in [0.1, 0.15) is 6.42 Å². The van der Waals surface area contributed by atoms with Crippen LogP contribution in [0.2, 0.25) is 0 Å². The molecule has 0 saturated carbocycles. The van der Waals surface area contributed by atoms with Gasteiger partial charge < -0.3 is 20.1 Å². The fraction of sp³-hybridized carbons (Fsp3) is 0.417. The van der Waals surface area contributed by atoms with Crippen LogP contribution < -0.4 is 15.4 Å². The first-order valence-electron chi connectivity index (χ1n) is 6.09. The summed E-state index contributed by atoms with van der Waals surface area (Å²) >= 11 is 0. The van der Waals surface area contributed by atoms with Gasteiger partial charge in [0.2, 0.25) is 0 Å². The zero-order valence-electron chi connectivity index (χ0n) is 11.0. The Morgan fingerprint density at radius 2 is 2.35 bits per heavy atom. The third-order valence-corrected chi connectivity index (χ3v) is 2.77. The second-order valence-corrected chi connectivity index (χ2v) is 4.23. The molecule has 8 nitrogen and oxygen atoms in total. The van der Waals surface area contributed by atoms with E-state index in [2.05, 4.69) is 10.6 Å². The summed E-state index contributed by atoms with van der Waals surface area (Å²) in [5.74, 6) is 0.0235. The second kappa shape index (κ2) is 6.20. The van der Waals surface area contributed by atoms with Crippen LogP contribution in [0, 0.1) is 10.1 Å². The maximum Gasteiger partial charge on any atom is 0.296 e. The van der Waals surface area contributed by atoms with Crippen molar-refractivity contribution >= 4 is 23.0 Å². The summed E-state index contributed by atoms with van der Waals surface area (Å²) in [6, 6.07) is 2.82. The van der Waals surface area contributed by atoms with Crippen LogP contribution >= 0.6 is 0 Å². The van der Waals surface area contributed by atoms with Gasteiger partial charge in [-0.05, 0) is 12.5 Å². The first-order chi connectivity index (χ1) is 9.61. The van der Waals surface area contributed by atoms with Gasteiger partial charge in [-0.1, -0.05) is 0 Å². The van der Waals surface area contributed by atoms with Crippen LogP contribution in [0.5, 0.6) is 5.75 Å². The Kier molecular flexibility index (Phi) is 4.36. The normalized spacial score (nSPS) is 13.2. The second-order valence-electron chi connectivity index (χ2n) is 4.23. The summed E-state index contributed by atoms with van der Waals surface area (Å²) in [5.41, 5.74) is 0.689. The molecule has 0 spiro atoms. The van der Waals surface area contributed by atoms with Crippen LogP contribution in [0.25, 0.3) is 0 Å². The molecule has 0 aliphatic carbocycles. The molecular weight excluding hydrogens is 266 g/mol. The molecule has 8 heteroatoms. The molecule has 0 unspecified atom stereocenters. The number of hydrogen-bond acceptors (Lipinski definition) is 6. The highest BCUT2D eigenvalue weighted by Crippen LogP contribution is 2.37. The Morgan fingerprint density at radius 3 is 3.05 bits per heavy atom. The number of anilines is 2. The number of rotatable bonds is 6. The number of carbonyl (C=O) groups is 1. The van der Waals surface area contributed by atoms with Crippen LogP contribution in [0.3, 0.4) is 0 Å². The maximum atomic E-state index is 11.2. The molecule has 1 aliphatic heterocycles. The topological polar surface area (TPSA) is 103 Å². The number of nitrogens with one attached hydrogen (secondary N) is 2. The fourth-order valence-corrected chi connectivity index (χ4v) is 1.85. The molecule has 20 heavy (non-hydrogen) atoms. The molecule has 2 N–H and O–H groups in total. The summed E-state index contributed by atoms with van der Waals surface area (Å²) in [4.78, 5) is 21.8. The molecule has 0 fully saturated rings. The number of benzene rings is 1. The summed E-state index contributed by atoms with van der Waals surface area (Å²) in [6.07, 6.45) is 0.716. The van der Waals surface area contributed by atoms with E-state index in [4.69, 9.17) is 9.47 Å². The lowest BCUT2D eigenvalue weighted by atomic mass is 10.2. The Morgan fingerprint density at radius 1 is 1.55 bits per heavy atom. The van der Waals surface area contributed by atoms with Crippen molar-refractivity contribution in [2.24, 2.45) is 0 Å². The van der Waals surface area contributed by atoms with Crippen molar-refractivity contribution in [1.82, 2.24) is 0 Å². The molecule has 1 aromatic rings. The predicted octanol–water partition coefficient (Wildman–Crippen LogP) is 1.37. The molecule has 0 aromatic heterocycles. The molecular formula is C12H15N3O5. The molecule has 0 bridgehead atoms. The largest absolute Gasteiger partial charge is 0.481 e. The van der Waals surface area contributed by atoms with E-state index < -0.39 is 4.92 Å². The molecule has 1 heterocycles. The molecule has 0 atom stereocenters. The Hall–Kier alpha value is -2.35. The quantitative estimate of drug-likeness (QED) is 0.464. The van der Waals surface area contributed by atoms with Crippen molar-refractivity contribution in [3.8, 4) is 5.75 Å². The standard InChI is InChI=1S/C12H15N3O5/c1-19-4-2-3-13-8-5-9-11(6-10(8)15(17)18)20-7-12(16)14-9/h5-6,13H,2-4,7H2,1H3,(H,14,16). The average molecular weight is 281 g/mol. The van der Waals surface area contributed by atoms with E-state index in [-0.39, 0.29) is 18.2 Å². The number of hydrogen-bond donors (Lipinski definition) is 2. The molecule has 1 aliphatic rings. The highest BCUT2D eigenvalue weighted by molar-refractivity contribution is 5.96. The van der Waals surface area contributed by atoms with Gasteiger partial charge in [0.15, 0.2) is 12.4 Å². The molecule has 2 rings (SSSR count). The molecule has 1 aromatic carbocycles. The van der Waals surface area contributed by atoms with Crippen molar-refractivity contribution in [3.63, 3.8) is 0 Å². The monoisotopic (exact) mass is 281 g/mol. The van der Waals surface area contributed by atoms with Gasteiger partial charge >= 0.3 is 0 Å². The van der Waals surface area contributed by atoms with Gasteiger partial charge in [-0.25, -0.2) is 0 Å². The van der Waals surface area contributed by atoms with Crippen molar-refractivity contribution < 1.29 is 19.2 Å². The molecule has 1 amide bonds. The zero-order valence-corrected chi connectivity index (χ0v) is 11.0. The van der Waals surface area contributed by atoms with E-state index in [1.165, 1.54) is 12.1 Å². The van der Waals surface area contributed by atoms with E-state index in [0.29, 0.717) is 36.7 Å². The van der Waals surface area contributed by atoms with Crippen molar-refractivity contribution in [2.75, 3.05) is 37.5 Å². The minimum Gasteiger partial charge on any atom is -0.481 e. The van der Waals surface area contributed by atoms with Crippen molar-refractivity contribution in [1.29, 1.82) is 0 Å². The predicted molar refractivity (Wildman–Crippen MR) is 72.2 cm³/mol. The highest BCUT2D eigenvalue weighted by Gasteiger charge is 2.23. The smallest absolute Gasteiger partial charge is 0.296 e. The first-order valence-corrected chi connectivity index (χ1v) is 6.09. The van der Waals surface area contributed by atoms with E-state index >= 15 is 0 Å². The van der Waals surface area contributed by atoms with Gasteiger partial charge in [0, 0.05) is 20.3 Å². The van der Waals surface area contributed by atoms with Crippen molar-refractivity contribution in [3.05, 3.63) is 22.2 Å². The third kappa shape index (κ3) is 3.15. The van der Waals surface area contributed by atoms with Crippen molar-refractivity contribution in [2.45, 2.75) is 6.42 Å². The van der Waals surface area contributed by atoms with Gasteiger partial charge in [0.25, 0.3) is 11.6 Å². The SMILES string of the molecule is COCCCNc1cc2c(cc1[N+](=O)[O-])OCC(=O)N2. The van der Waals surface area contributed by atoms with Crippen LogP contribution in [-0.4, -0.2) is 37.7 Å². The number of methoxy groups -OCH3 is 1. The summed E-state index contributed by atoms with van der Waals surface area (Å²) in [5, 5.41) is 16.6. The number of nitro benzene ring substituents is 1. The van der Waals surface area contributed by atoms with Gasteiger partial charge in [-0.15, -0.1) is 0 Å². The van der Waals surface area contributed by atoms with Gasteiger partial charge in [0.05, 0.1) is 16.7 Å². The van der Waals surface area contributed by atoms with E-state index in [1.807, 2.05) is 0 Å². The number of amides is 1. The van der Waals surface area contributed by atoms with E-state index in [9.17, 15) is 14.9 Å². The highest BCUT2D eigenvalue weighted by atomic mass is 16.6.